The molecule has 6 aromatic carbocycles. The van der Waals surface area contributed by atoms with E-state index in [9.17, 15) is 95.9 Å². The molecule has 6 aromatic rings. The van der Waals surface area contributed by atoms with Crippen LogP contribution in [0.4, 0.5) is 0 Å². The Kier molecular flexibility index (Phi) is 27.1. The molecule has 134 heavy (non-hydrogen) atoms. The second-order valence-corrected chi connectivity index (χ2v) is 41.9. The maximum Gasteiger partial charge on any atom is 0.262 e. The molecule has 6 saturated heterocycles. The third-order valence-corrected chi connectivity index (χ3v) is 26.1. The summed E-state index contributed by atoms with van der Waals surface area (Å²) >= 11 is 0. The van der Waals surface area contributed by atoms with Gasteiger partial charge in [-0.05, 0) is 157 Å². The lowest BCUT2D eigenvalue weighted by Gasteiger charge is -2.29. The quantitative estimate of drug-likeness (QED) is 0.0844. The molecule has 6 fully saturated rings. The standard InChI is InChI=1S/2C17H18N2O4.4C17H20N2O3/c2*1-17(2,3)10-6-4-5-9-13(10)16(23)19(15(9)22)11-7-8-12(20)18-14(11)21;1-17(2,3)11-4-5-12-10(8-11)9-19(16(12)22)13-6-7-14(20)18-15(13)21;1-17(2,3)11-5-4-10-9-19(16(22)12(10)8-11)13-6-7-14(20)18-15(13)21;1-17(2,3)12-6-4-5-10-11(12)9-19(16(10)22)13-7-8-14(20)18-15(13)21;1-17(2,3)11-6-4-5-10-9-19(16(22)14(10)11)12-7-8-13(20)18-15(12)21/h2*4-6,11H,7-8H2,1-3H3,(H,18,20,21);2*4-5,8,13H,6-7,9H2,1-3H3,(H,18,20,21);4-6,13H,7-9H2,1-3H3,(H,18,20,21);4-6,12H,7-9H2,1-3H3,(H,18,20,21). The fraction of sp³-hybridized carbons (Fsp3) is 0.451. The molecule has 32 nitrogen and oxygen atoms in total. The normalized spacial score (nSPS) is 21.7. The van der Waals surface area contributed by atoms with Gasteiger partial charge in [0.1, 0.15) is 36.3 Å². The van der Waals surface area contributed by atoms with Crippen LogP contribution in [0.1, 0.15) is 340 Å². The Morgan fingerprint density at radius 1 is 0.231 bits per heavy atom. The zero-order valence-electron chi connectivity index (χ0n) is 79.0. The highest BCUT2D eigenvalue weighted by atomic mass is 16.2. The average Bonchev–Trinajstić information content (AvgIpc) is 1.59. The number of carbonyl (C=O) groups is 20. The third kappa shape index (κ3) is 19.9. The van der Waals surface area contributed by atoms with Crippen molar-refractivity contribution < 1.29 is 95.9 Å². The highest BCUT2D eigenvalue weighted by molar-refractivity contribution is 6.25. The van der Waals surface area contributed by atoms with E-state index < -0.39 is 71.7 Å². The second kappa shape index (κ2) is 37.1. The van der Waals surface area contributed by atoms with Crippen LogP contribution in [-0.4, -0.2) is 184 Å². The van der Waals surface area contributed by atoms with Gasteiger partial charge in [0.15, 0.2) is 0 Å². The smallest absolute Gasteiger partial charge is 0.262 e. The van der Waals surface area contributed by atoms with Crippen LogP contribution in [0.25, 0.3) is 0 Å². The van der Waals surface area contributed by atoms with Gasteiger partial charge in [-0.15, -0.1) is 0 Å². The van der Waals surface area contributed by atoms with Crippen LogP contribution in [0.2, 0.25) is 0 Å². The van der Waals surface area contributed by atoms with Gasteiger partial charge in [0.05, 0.1) is 22.3 Å². The number of amides is 20. The molecule has 0 aliphatic carbocycles. The van der Waals surface area contributed by atoms with E-state index in [1.807, 2.05) is 120 Å². The highest BCUT2D eigenvalue weighted by Crippen LogP contribution is 2.42. The minimum Gasteiger partial charge on any atom is -0.322 e. The first-order valence-corrected chi connectivity index (χ1v) is 45.4. The Morgan fingerprint density at radius 2 is 0.522 bits per heavy atom. The first kappa shape index (κ1) is 97.8. The van der Waals surface area contributed by atoms with Gasteiger partial charge in [0.2, 0.25) is 70.9 Å². The van der Waals surface area contributed by atoms with E-state index in [2.05, 4.69) is 121 Å². The zero-order valence-corrected chi connectivity index (χ0v) is 79.0. The van der Waals surface area contributed by atoms with E-state index in [1.54, 1.807) is 43.9 Å². The summed E-state index contributed by atoms with van der Waals surface area (Å²) in [6.45, 7) is 38.8. The number of benzene rings is 6. The van der Waals surface area contributed by atoms with Gasteiger partial charge in [-0.3, -0.25) is 138 Å². The molecule has 6 N–H and O–H groups in total. The Hall–Kier alpha value is -13.7. The topological polar surface area (TPSA) is 433 Å². The molecule has 12 heterocycles. The summed E-state index contributed by atoms with van der Waals surface area (Å²) in [7, 11) is 0. The lowest BCUT2D eigenvalue weighted by molar-refractivity contribution is -0.138. The lowest BCUT2D eigenvalue weighted by Crippen LogP contribution is -2.54. The van der Waals surface area contributed by atoms with E-state index in [-0.39, 0.29) is 167 Å². The maximum atomic E-state index is 12.9. The van der Waals surface area contributed by atoms with Crippen molar-refractivity contribution in [2.24, 2.45) is 0 Å². The Bertz CT molecular complexity index is 5850. The summed E-state index contributed by atoms with van der Waals surface area (Å²) in [6.07, 6.45) is 3.30. The third-order valence-electron chi connectivity index (χ3n) is 26.1. The van der Waals surface area contributed by atoms with Crippen LogP contribution in [0, 0.1) is 0 Å². The summed E-state index contributed by atoms with van der Waals surface area (Å²) in [5.41, 5.74) is 13.2. The molecular weight excluding hydrogens is 1710 g/mol. The van der Waals surface area contributed by atoms with Crippen LogP contribution in [0.5, 0.6) is 0 Å². The first-order chi connectivity index (χ1) is 62.5. The molecule has 20 amide bonds. The van der Waals surface area contributed by atoms with Gasteiger partial charge in [0.25, 0.3) is 47.3 Å². The molecule has 0 spiro atoms. The molecule has 6 unspecified atom stereocenters. The Labute approximate surface area is 777 Å². The molecule has 12 aliphatic rings. The number of piperidine rings is 6. The van der Waals surface area contributed by atoms with Crippen LogP contribution in [0.3, 0.4) is 0 Å². The van der Waals surface area contributed by atoms with Gasteiger partial charge in [0, 0.05) is 87.0 Å². The van der Waals surface area contributed by atoms with Crippen molar-refractivity contribution in [2.75, 3.05) is 0 Å². The van der Waals surface area contributed by atoms with Gasteiger partial charge < -0.3 is 19.6 Å². The number of fused-ring (bicyclic) bond motifs is 6. The van der Waals surface area contributed by atoms with Crippen LogP contribution in [-0.2, 0) is 116 Å². The number of carbonyl (C=O) groups excluding carboxylic acids is 20. The number of imide groups is 8. The molecule has 704 valence electrons. The minimum absolute atomic E-state index is 0.0140. The summed E-state index contributed by atoms with van der Waals surface area (Å²) in [5, 5.41) is 13.7. The average molecular weight is 1830 g/mol. The van der Waals surface area contributed by atoms with Crippen molar-refractivity contribution in [1.82, 2.24) is 61.3 Å². The molecule has 12 aliphatic heterocycles. The summed E-state index contributed by atoms with van der Waals surface area (Å²) < 4.78 is 0. The number of hydrogen-bond donors (Lipinski definition) is 6. The van der Waals surface area contributed by atoms with Crippen molar-refractivity contribution in [3.05, 3.63) is 209 Å². The highest BCUT2D eigenvalue weighted by Gasteiger charge is 2.51. The van der Waals surface area contributed by atoms with Crippen molar-refractivity contribution >= 4 is 118 Å². The number of nitrogens with one attached hydrogen (secondary N) is 6. The van der Waals surface area contributed by atoms with E-state index in [4.69, 9.17) is 0 Å². The van der Waals surface area contributed by atoms with E-state index in [1.165, 1.54) is 5.56 Å². The van der Waals surface area contributed by atoms with E-state index in [0.717, 1.165) is 65.4 Å². The minimum atomic E-state index is -0.923. The number of rotatable bonds is 6. The molecule has 0 aromatic heterocycles. The molecule has 0 bridgehead atoms. The lowest BCUT2D eigenvalue weighted by atomic mass is 9.82. The summed E-state index contributed by atoms with van der Waals surface area (Å²) in [5.74, 6) is -6.75. The largest absolute Gasteiger partial charge is 0.322 e. The van der Waals surface area contributed by atoms with Gasteiger partial charge in [-0.25, -0.2) is 0 Å². The van der Waals surface area contributed by atoms with Gasteiger partial charge in [-0.2, -0.15) is 0 Å². The summed E-state index contributed by atoms with van der Waals surface area (Å²) in [4.78, 5) is 250. The van der Waals surface area contributed by atoms with E-state index >= 15 is 0 Å². The van der Waals surface area contributed by atoms with Gasteiger partial charge >= 0.3 is 0 Å². The predicted octanol–water partition coefficient (Wildman–Crippen LogP) is 9.75. The molecule has 6 atom stereocenters. The maximum absolute atomic E-state index is 12.9. The number of hydrogen-bond acceptors (Lipinski definition) is 20. The van der Waals surface area contributed by atoms with E-state index in [0.29, 0.717) is 90.8 Å². The van der Waals surface area contributed by atoms with Crippen molar-refractivity contribution in [3.63, 3.8) is 0 Å². The monoisotopic (exact) mass is 1830 g/mol. The van der Waals surface area contributed by atoms with Gasteiger partial charge in [-0.1, -0.05) is 203 Å². The first-order valence-electron chi connectivity index (χ1n) is 45.4. The van der Waals surface area contributed by atoms with Crippen LogP contribution in [0.15, 0.2) is 109 Å². The zero-order chi connectivity index (χ0) is 98.2. The van der Waals surface area contributed by atoms with Crippen LogP contribution >= 0.6 is 0 Å². The Morgan fingerprint density at radius 3 is 0.888 bits per heavy atom. The van der Waals surface area contributed by atoms with Crippen molar-refractivity contribution in [2.45, 2.75) is 297 Å². The molecule has 32 heteroatoms. The summed E-state index contributed by atoms with van der Waals surface area (Å²) in [6, 6.07) is 29.8. The fourth-order valence-corrected chi connectivity index (χ4v) is 18.9. The van der Waals surface area contributed by atoms with Crippen molar-refractivity contribution in [3.8, 4) is 0 Å². The van der Waals surface area contributed by atoms with Crippen LogP contribution < -0.4 is 31.9 Å². The SMILES string of the molecule is CC(C)(C)c1ccc2c(c1)C(=O)N(C1CCC(=O)NC1=O)C2.CC(C)(C)c1ccc2c(c1)CN(C1CCC(=O)NC1=O)C2=O.CC(C)(C)c1cccc2c1C(=O)N(C1CCC(=O)NC1=O)C2.CC(C)(C)c1cccc2c1C(=O)N(C1CCC(=O)NC1=O)C2=O.CC(C)(C)c1cccc2c1C(=O)N(C1CCC(=O)NC1=O)C2=O.CC(C)(C)c1cccc2c1CN(C1CCC(=O)NC1=O)C2=O. The fourth-order valence-electron chi connectivity index (χ4n) is 18.9. The molecule has 0 radical (unpaired) electrons. The second-order valence-electron chi connectivity index (χ2n) is 41.9. The predicted molar refractivity (Wildman–Crippen MR) is 488 cm³/mol. The molecule has 0 saturated carbocycles. The van der Waals surface area contributed by atoms with Crippen molar-refractivity contribution in [1.29, 1.82) is 0 Å². The number of nitrogens with zero attached hydrogens (tertiary/aromatic N) is 6. The molecular formula is C102H116N12O20. The molecule has 18 rings (SSSR count). The Balaban J connectivity index is 0.000000136.